The molecule has 2 aromatic rings. The van der Waals surface area contributed by atoms with Crippen molar-refractivity contribution >= 4 is 29.2 Å². The molecule has 0 aliphatic carbocycles. The van der Waals surface area contributed by atoms with Crippen LogP contribution in [-0.2, 0) is 4.79 Å². The van der Waals surface area contributed by atoms with Gasteiger partial charge < -0.3 is 0 Å². The van der Waals surface area contributed by atoms with E-state index in [1.807, 2.05) is 6.92 Å². The highest BCUT2D eigenvalue weighted by atomic mass is 32.1. The van der Waals surface area contributed by atoms with Crippen molar-refractivity contribution in [2.24, 2.45) is 0 Å². The third kappa shape index (κ3) is 2.32. The van der Waals surface area contributed by atoms with Gasteiger partial charge in [-0.3, -0.25) is 14.8 Å². The number of rotatable bonds is 3. The number of amides is 1. The Morgan fingerprint density at radius 2 is 1.94 bits per heavy atom. The maximum absolute atomic E-state index is 12.0. The zero-order chi connectivity index (χ0) is 13.1. The van der Waals surface area contributed by atoms with E-state index in [9.17, 15) is 14.8 Å². The van der Waals surface area contributed by atoms with Gasteiger partial charge in [-0.15, -0.1) is 11.3 Å². The largest absolute Gasteiger partial charge is 0.284 e. The molecule has 2 rings (SSSR count). The number of anilines is 1. The highest BCUT2D eigenvalue weighted by molar-refractivity contribution is 7.12. The van der Waals surface area contributed by atoms with Gasteiger partial charge in [0.1, 0.15) is 0 Å². The summed E-state index contributed by atoms with van der Waals surface area (Å²) in [4.78, 5) is 22.8. The molecular weight excluding hydrogens is 250 g/mol. The molecule has 1 heterocycles. The number of hydroxylamine groups is 1. The molecule has 1 aromatic carbocycles. The second-order valence-corrected chi connectivity index (χ2v) is 4.63. The molecule has 5 heteroatoms. The molecule has 1 radical (unpaired) electrons. The Labute approximate surface area is 108 Å². The van der Waals surface area contributed by atoms with Crippen molar-refractivity contribution in [1.29, 1.82) is 0 Å². The predicted molar refractivity (Wildman–Crippen MR) is 68.9 cm³/mol. The average Bonchev–Trinajstić information content (AvgIpc) is 2.86. The summed E-state index contributed by atoms with van der Waals surface area (Å²) in [5, 5.41) is 12.0. The van der Waals surface area contributed by atoms with E-state index in [0.717, 1.165) is 16.9 Å². The molecule has 1 aromatic heterocycles. The van der Waals surface area contributed by atoms with Crippen molar-refractivity contribution in [3.63, 3.8) is 0 Å². The molecule has 1 N–H and O–H groups in total. The smallest absolute Gasteiger partial charge is 0.283 e. The summed E-state index contributed by atoms with van der Waals surface area (Å²) >= 11 is 1.11. The van der Waals surface area contributed by atoms with Gasteiger partial charge in [-0.05, 0) is 30.5 Å². The SMILES string of the molecule is Cc1ccc(N(O)C(=O)c2ccsc2[C]=O)cc1. The van der Waals surface area contributed by atoms with Crippen molar-refractivity contribution in [3.05, 3.63) is 51.7 Å². The zero-order valence-electron chi connectivity index (χ0n) is 9.58. The van der Waals surface area contributed by atoms with Crippen molar-refractivity contribution < 1.29 is 14.8 Å². The number of thiophene rings is 1. The van der Waals surface area contributed by atoms with E-state index in [0.29, 0.717) is 10.8 Å². The molecular formula is C13H10NO3S. The van der Waals surface area contributed by atoms with Crippen LogP contribution in [-0.4, -0.2) is 17.4 Å². The minimum atomic E-state index is -0.640. The van der Waals surface area contributed by atoms with E-state index >= 15 is 0 Å². The van der Waals surface area contributed by atoms with Crippen LogP contribution in [0.3, 0.4) is 0 Å². The fraction of sp³-hybridized carbons (Fsp3) is 0.0769. The monoisotopic (exact) mass is 260 g/mol. The molecule has 4 nitrogen and oxygen atoms in total. The van der Waals surface area contributed by atoms with Crippen LogP contribution in [0.2, 0.25) is 0 Å². The summed E-state index contributed by atoms with van der Waals surface area (Å²) in [5.74, 6) is -0.640. The molecule has 0 aliphatic rings. The summed E-state index contributed by atoms with van der Waals surface area (Å²) < 4.78 is 0. The van der Waals surface area contributed by atoms with Gasteiger partial charge >= 0.3 is 0 Å². The summed E-state index contributed by atoms with van der Waals surface area (Å²) in [6, 6.07) is 8.32. The second kappa shape index (κ2) is 5.12. The van der Waals surface area contributed by atoms with E-state index in [1.54, 1.807) is 35.9 Å². The number of carbonyl (C=O) groups excluding carboxylic acids is 2. The van der Waals surface area contributed by atoms with Crippen LogP contribution in [0.4, 0.5) is 5.69 Å². The minimum absolute atomic E-state index is 0.151. The molecule has 0 atom stereocenters. The minimum Gasteiger partial charge on any atom is -0.284 e. The van der Waals surface area contributed by atoms with Gasteiger partial charge in [0.15, 0.2) is 0 Å². The van der Waals surface area contributed by atoms with Gasteiger partial charge in [0, 0.05) is 0 Å². The molecule has 0 spiro atoms. The fourth-order valence-corrected chi connectivity index (χ4v) is 2.14. The molecule has 18 heavy (non-hydrogen) atoms. The van der Waals surface area contributed by atoms with Crippen molar-refractivity contribution in [2.75, 3.05) is 5.06 Å². The van der Waals surface area contributed by atoms with Gasteiger partial charge in [0.25, 0.3) is 5.91 Å². The Balaban J connectivity index is 2.29. The van der Waals surface area contributed by atoms with Gasteiger partial charge in [-0.25, -0.2) is 0 Å². The lowest BCUT2D eigenvalue weighted by Gasteiger charge is -2.14. The van der Waals surface area contributed by atoms with Crippen molar-refractivity contribution in [2.45, 2.75) is 6.92 Å². The molecule has 0 bridgehead atoms. The Hall–Kier alpha value is -1.98. The Kier molecular flexibility index (Phi) is 3.55. The van der Waals surface area contributed by atoms with E-state index < -0.39 is 5.91 Å². The number of nitrogens with zero attached hydrogens (tertiary/aromatic N) is 1. The summed E-state index contributed by atoms with van der Waals surface area (Å²) in [6.07, 6.45) is 1.68. The third-order valence-corrected chi connectivity index (χ3v) is 3.27. The van der Waals surface area contributed by atoms with Crippen LogP contribution in [0, 0.1) is 6.92 Å². The van der Waals surface area contributed by atoms with Crippen LogP contribution in [0.5, 0.6) is 0 Å². The number of hydrogen-bond acceptors (Lipinski definition) is 4. The number of carbonyl (C=O) groups is 1. The lowest BCUT2D eigenvalue weighted by Crippen LogP contribution is -2.27. The molecule has 0 saturated carbocycles. The van der Waals surface area contributed by atoms with Gasteiger partial charge in [-0.2, -0.15) is 5.06 Å². The first-order valence-electron chi connectivity index (χ1n) is 5.19. The normalized spacial score (nSPS) is 10.1. The van der Waals surface area contributed by atoms with Crippen LogP contribution >= 0.6 is 11.3 Å². The maximum atomic E-state index is 12.0. The molecule has 0 unspecified atom stereocenters. The quantitative estimate of drug-likeness (QED) is 0.681. The number of hydrogen-bond donors (Lipinski definition) is 1. The Morgan fingerprint density at radius 1 is 1.28 bits per heavy atom. The number of aryl methyl sites for hydroxylation is 1. The maximum Gasteiger partial charge on any atom is 0.283 e. The van der Waals surface area contributed by atoms with Gasteiger partial charge in [-0.1, -0.05) is 17.7 Å². The first kappa shape index (κ1) is 12.5. The van der Waals surface area contributed by atoms with E-state index in [1.165, 1.54) is 6.07 Å². The van der Waals surface area contributed by atoms with E-state index in [4.69, 9.17) is 0 Å². The highest BCUT2D eigenvalue weighted by Crippen LogP contribution is 2.20. The standard InChI is InChI=1S/C13H10NO3S/c1-9-2-4-10(5-3-9)14(17)13(16)11-6-7-18-12(11)8-15/h2-7,17H,1H3. The molecule has 91 valence electrons. The second-order valence-electron chi connectivity index (χ2n) is 3.72. The molecule has 1 amide bonds. The van der Waals surface area contributed by atoms with Crippen LogP contribution < -0.4 is 5.06 Å². The van der Waals surface area contributed by atoms with E-state index in [2.05, 4.69) is 0 Å². The zero-order valence-corrected chi connectivity index (χ0v) is 10.4. The Morgan fingerprint density at radius 3 is 2.56 bits per heavy atom. The Bertz CT molecular complexity index is 574. The van der Waals surface area contributed by atoms with Crippen LogP contribution in [0.25, 0.3) is 0 Å². The van der Waals surface area contributed by atoms with E-state index in [-0.39, 0.29) is 10.4 Å². The predicted octanol–water partition coefficient (Wildman–Crippen LogP) is 2.55. The van der Waals surface area contributed by atoms with Gasteiger partial charge in [0.05, 0.1) is 16.1 Å². The van der Waals surface area contributed by atoms with Gasteiger partial charge in [0.2, 0.25) is 6.29 Å². The first-order valence-corrected chi connectivity index (χ1v) is 6.07. The van der Waals surface area contributed by atoms with Crippen LogP contribution in [0.1, 0.15) is 20.8 Å². The summed E-state index contributed by atoms with van der Waals surface area (Å²) in [7, 11) is 0. The first-order chi connectivity index (χ1) is 8.63. The lowest BCUT2D eigenvalue weighted by molar-refractivity contribution is 0.0855. The summed E-state index contributed by atoms with van der Waals surface area (Å²) in [6.45, 7) is 1.91. The number of benzene rings is 1. The highest BCUT2D eigenvalue weighted by Gasteiger charge is 2.19. The fourth-order valence-electron chi connectivity index (χ4n) is 1.47. The third-order valence-electron chi connectivity index (χ3n) is 2.46. The molecule has 0 fully saturated rings. The lowest BCUT2D eigenvalue weighted by atomic mass is 10.2. The molecule has 0 saturated heterocycles. The van der Waals surface area contributed by atoms with Crippen molar-refractivity contribution in [1.82, 2.24) is 0 Å². The van der Waals surface area contributed by atoms with Crippen molar-refractivity contribution in [3.8, 4) is 0 Å². The summed E-state index contributed by atoms with van der Waals surface area (Å²) in [5.41, 5.74) is 1.53. The molecule has 0 aliphatic heterocycles. The topological polar surface area (TPSA) is 57.6 Å². The van der Waals surface area contributed by atoms with Crippen LogP contribution in [0.15, 0.2) is 35.7 Å². The average molecular weight is 260 g/mol.